The molecule has 4 nitrogen and oxygen atoms in total. The standard InChI is InChI=1S/C20H19NO3/c1-16-8-10-17(11-9-16)24-19-6-4-5-18(15-19)22-13-14-23-20-7-2-3-12-21-20/h2-12,15H,13-14H2,1H3. The largest absolute Gasteiger partial charge is 0.490 e. The first-order chi connectivity index (χ1) is 11.8. The van der Waals surface area contributed by atoms with Crippen LogP contribution in [0.3, 0.4) is 0 Å². The zero-order valence-electron chi connectivity index (χ0n) is 13.5. The van der Waals surface area contributed by atoms with Gasteiger partial charge in [-0.15, -0.1) is 0 Å². The Balaban J connectivity index is 1.50. The second-order valence-corrected chi connectivity index (χ2v) is 5.25. The highest BCUT2D eigenvalue weighted by molar-refractivity contribution is 5.37. The number of pyridine rings is 1. The molecule has 24 heavy (non-hydrogen) atoms. The molecule has 0 atom stereocenters. The monoisotopic (exact) mass is 321 g/mol. The molecule has 1 aromatic heterocycles. The van der Waals surface area contributed by atoms with Crippen molar-refractivity contribution >= 4 is 0 Å². The highest BCUT2D eigenvalue weighted by Crippen LogP contribution is 2.25. The quantitative estimate of drug-likeness (QED) is 0.594. The zero-order chi connectivity index (χ0) is 16.6. The highest BCUT2D eigenvalue weighted by atomic mass is 16.5. The van der Waals surface area contributed by atoms with Crippen molar-refractivity contribution in [1.29, 1.82) is 0 Å². The number of hydrogen-bond acceptors (Lipinski definition) is 4. The Morgan fingerprint density at radius 3 is 2.33 bits per heavy atom. The number of aryl methyl sites for hydroxylation is 1. The van der Waals surface area contributed by atoms with Crippen LogP contribution in [0.4, 0.5) is 0 Å². The summed E-state index contributed by atoms with van der Waals surface area (Å²) < 4.78 is 17.0. The van der Waals surface area contributed by atoms with Gasteiger partial charge in [0.1, 0.15) is 30.5 Å². The van der Waals surface area contributed by atoms with Crippen molar-refractivity contribution in [1.82, 2.24) is 4.98 Å². The molecule has 0 bridgehead atoms. The second kappa shape index (κ2) is 8.02. The molecule has 0 aliphatic heterocycles. The predicted molar refractivity (Wildman–Crippen MR) is 92.9 cm³/mol. The molecule has 0 aliphatic carbocycles. The summed E-state index contributed by atoms with van der Waals surface area (Å²) in [6.45, 7) is 2.91. The average Bonchev–Trinajstić information content (AvgIpc) is 2.62. The number of hydrogen-bond donors (Lipinski definition) is 0. The fraction of sp³-hybridized carbons (Fsp3) is 0.150. The Bertz CT molecular complexity index is 757. The van der Waals surface area contributed by atoms with Gasteiger partial charge in [0.25, 0.3) is 0 Å². The van der Waals surface area contributed by atoms with Crippen molar-refractivity contribution in [3.8, 4) is 23.1 Å². The van der Waals surface area contributed by atoms with E-state index in [9.17, 15) is 0 Å². The van der Waals surface area contributed by atoms with Gasteiger partial charge in [0.2, 0.25) is 5.88 Å². The lowest BCUT2D eigenvalue weighted by molar-refractivity contribution is 0.211. The molecule has 3 rings (SSSR count). The Hall–Kier alpha value is -3.01. The van der Waals surface area contributed by atoms with E-state index in [-0.39, 0.29) is 0 Å². The molecule has 0 radical (unpaired) electrons. The molecule has 0 N–H and O–H groups in total. The van der Waals surface area contributed by atoms with Gasteiger partial charge in [0.05, 0.1) is 0 Å². The molecule has 0 unspecified atom stereocenters. The molecular formula is C20H19NO3. The molecule has 3 aromatic rings. The summed E-state index contributed by atoms with van der Waals surface area (Å²) in [5, 5.41) is 0. The van der Waals surface area contributed by atoms with E-state index >= 15 is 0 Å². The van der Waals surface area contributed by atoms with Crippen molar-refractivity contribution in [3.05, 3.63) is 78.5 Å². The number of benzene rings is 2. The minimum absolute atomic E-state index is 0.431. The van der Waals surface area contributed by atoms with Gasteiger partial charge in [0.15, 0.2) is 0 Å². The maximum Gasteiger partial charge on any atom is 0.213 e. The van der Waals surface area contributed by atoms with Crippen molar-refractivity contribution < 1.29 is 14.2 Å². The van der Waals surface area contributed by atoms with Gasteiger partial charge in [-0.25, -0.2) is 4.98 Å². The summed E-state index contributed by atoms with van der Waals surface area (Å²) in [5.74, 6) is 2.88. The summed E-state index contributed by atoms with van der Waals surface area (Å²) in [6.07, 6.45) is 1.70. The number of rotatable bonds is 7. The third kappa shape index (κ3) is 4.74. The fourth-order valence-electron chi connectivity index (χ4n) is 2.11. The summed E-state index contributed by atoms with van der Waals surface area (Å²) in [5.41, 5.74) is 1.20. The van der Waals surface area contributed by atoms with Crippen LogP contribution < -0.4 is 14.2 Å². The van der Waals surface area contributed by atoms with Crippen LogP contribution in [-0.2, 0) is 0 Å². The first-order valence-corrected chi connectivity index (χ1v) is 7.81. The van der Waals surface area contributed by atoms with E-state index < -0.39 is 0 Å². The van der Waals surface area contributed by atoms with Gasteiger partial charge >= 0.3 is 0 Å². The average molecular weight is 321 g/mol. The smallest absolute Gasteiger partial charge is 0.213 e. The molecular weight excluding hydrogens is 302 g/mol. The van der Waals surface area contributed by atoms with E-state index in [4.69, 9.17) is 14.2 Å². The normalized spacial score (nSPS) is 10.2. The molecule has 2 aromatic carbocycles. The zero-order valence-corrected chi connectivity index (χ0v) is 13.5. The minimum Gasteiger partial charge on any atom is -0.490 e. The van der Waals surface area contributed by atoms with Crippen LogP contribution >= 0.6 is 0 Å². The lowest BCUT2D eigenvalue weighted by Gasteiger charge is -2.10. The maximum atomic E-state index is 5.83. The molecule has 1 heterocycles. The van der Waals surface area contributed by atoms with Crippen molar-refractivity contribution in [2.75, 3.05) is 13.2 Å². The van der Waals surface area contributed by atoms with Crippen LogP contribution in [0.5, 0.6) is 23.1 Å². The summed E-state index contributed by atoms with van der Waals surface area (Å²) in [4.78, 5) is 4.09. The van der Waals surface area contributed by atoms with Gasteiger partial charge in [-0.2, -0.15) is 0 Å². The molecule has 122 valence electrons. The molecule has 4 heteroatoms. The van der Waals surface area contributed by atoms with E-state index in [1.54, 1.807) is 6.20 Å². The topological polar surface area (TPSA) is 40.6 Å². The molecule has 0 fully saturated rings. The number of nitrogens with zero attached hydrogens (tertiary/aromatic N) is 1. The second-order valence-electron chi connectivity index (χ2n) is 5.25. The van der Waals surface area contributed by atoms with Crippen LogP contribution in [0.2, 0.25) is 0 Å². The third-order valence-electron chi connectivity index (χ3n) is 3.30. The first-order valence-electron chi connectivity index (χ1n) is 7.81. The van der Waals surface area contributed by atoms with E-state index in [0.717, 1.165) is 17.2 Å². The Kier molecular flexibility index (Phi) is 5.30. The molecule has 0 spiro atoms. The molecule has 0 saturated heterocycles. The maximum absolute atomic E-state index is 5.83. The lowest BCUT2D eigenvalue weighted by atomic mass is 10.2. The van der Waals surface area contributed by atoms with Crippen LogP contribution in [0.25, 0.3) is 0 Å². The summed E-state index contributed by atoms with van der Waals surface area (Å²) >= 11 is 0. The Labute approximate surface area is 141 Å². The summed E-state index contributed by atoms with van der Waals surface area (Å²) in [7, 11) is 0. The predicted octanol–water partition coefficient (Wildman–Crippen LogP) is 4.64. The lowest BCUT2D eigenvalue weighted by Crippen LogP contribution is -2.09. The highest BCUT2D eigenvalue weighted by Gasteiger charge is 2.01. The van der Waals surface area contributed by atoms with Gasteiger partial charge in [-0.3, -0.25) is 0 Å². The van der Waals surface area contributed by atoms with E-state index in [2.05, 4.69) is 4.98 Å². The van der Waals surface area contributed by atoms with Crippen LogP contribution in [-0.4, -0.2) is 18.2 Å². The Morgan fingerprint density at radius 2 is 1.54 bits per heavy atom. The van der Waals surface area contributed by atoms with E-state index in [1.165, 1.54) is 5.56 Å². The van der Waals surface area contributed by atoms with Crippen LogP contribution in [0.1, 0.15) is 5.56 Å². The van der Waals surface area contributed by atoms with E-state index in [0.29, 0.717) is 19.1 Å². The molecule has 0 amide bonds. The van der Waals surface area contributed by atoms with Gasteiger partial charge in [0, 0.05) is 18.3 Å². The summed E-state index contributed by atoms with van der Waals surface area (Å²) in [6, 6.07) is 21.0. The first kappa shape index (κ1) is 15.9. The van der Waals surface area contributed by atoms with Gasteiger partial charge < -0.3 is 14.2 Å². The van der Waals surface area contributed by atoms with Crippen LogP contribution in [0, 0.1) is 6.92 Å². The van der Waals surface area contributed by atoms with Gasteiger partial charge in [-0.1, -0.05) is 29.8 Å². The molecule has 0 saturated carbocycles. The van der Waals surface area contributed by atoms with Gasteiger partial charge in [-0.05, 0) is 37.3 Å². The fourth-order valence-corrected chi connectivity index (χ4v) is 2.11. The Morgan fingerprint density at radius 1 is 0.750 bits per heavy atom. The SMILES string of the molecule is Cc1ccc(Oc2cccc(OCCOc3ccccn3)c2)cc1. The number of ether oxygens (including phenoxy) is 3. The van der Waals surface area contributed by atoms with Crippen molar-refractivity contribution in [2.24, 2.45) is 0 Å². The van der Waals surface area contributed by atoms with Crippen molar-refractivity contribution in [3.63, 3.8) is 0 Å². The minimum atomic E-state index is 0.431. The molecule has 0 aliphatic rings. The van der Waals surface area contributed by atoms with E-state index in [1.807, 2.05) is 73.7 Å². The number of aromatic nitrogens is 1. The van der Waals surface area contributed by atoms with Crippen molar-refractivity contribution in [2.45, 2.75) is 6.92 Å². The van der Waals surface area contributed by atoms with Crippen LogP contribution in [0.15, 0.2) is 72.9 Å². The third-order valence-corrected chi connectivity index (χ3v) is 3.30.